The van der Waals surface area contributed by atoms with Gasteiger partial charge in [0, 0.05) is 5.71 Å². The highest BCUT2D eigenvalue weighted by Crippen LogP contribution is 2.27. The Hall–Kier alpha value is -2.44. The van der Waals surface area contributed by atoms with Gasteiger partial charge in [-0.3, -0.25) is 5.43 Å². The Kier molecular flexibility index (Phi) is 5.31. The molecule has 0 amide bonds. The molecule has 23 heavy (non-hydrogen) atoms. The molecule has 0 unspecified atom stereocenters. The van der Waals surface area contributed by atoms with Crippen molar-refractivity contribution in [2.75, 3.05) is 5.43 Å². The van der Waals surface area contributed by atoms with Crippen LogP contribution in [0.2, 0.25) is 0 Å². The number of benzene rings is 2. The van der Waals surface area contributed by atoms with Gasteiger partial charge in [-0.15, -0.1) is 0 Å². The number of halogens is 5. The second kappa shape index (κ2) is 7.21. The molecule has 7 heteroatoms. The van der Waals surface area contributed by atoms with Crippen LogP contribution in [0.1, 0.15) is 18.9 Å². The molecule has 0 aliphatic rings. The van der Waals surface area contributed by atoms with E-state index in [1.807, 2.05) is 35.8 Å². The van der Waals surface area contributed by atoms with Gasteiger partial charge in [0.25, 0.3) is 0 Å². The summed E-state index contributed by atoms with van der Waals surface area (Å²) in [7, 11) is 0. The summed E-state index contributed by atoms with van der Waals surface area (Å²) < 4.78 is 65.9. The van der Waals surface area contributed by atoms with E-state index in [9.17, 15) is 22.0 Å². The SMILES string of the molecule is C/C(CCc1ccccc1)=N/Nc1c(F)c(F)c(F)c(F)c1F. The zero-order chi connectivity index (χ0) is 17.0. The molecule has 0 aliphatic heterocycles. The first-order chi connectivity index (χ1) is 10.9. The summed E-state index contributed by atoms with van der Waals surface area (Å²) in [5, 5.41) is 3.67. The van der Waals surface area contributed by atoms with Crippen LogP contribution in [0.5, 0.6) is 0 Å². The summed E-state index contributed by atoms with van der Waals surface area (Å²) >= 11 is 0. The molecular weight excluding hydrogens is 315 g/mol. The van der Waals surface area contributed by atoms with Gasteiger partial charge in [0.2, 0.25) is 5.82 Å². The maximum Gasteiger partial charge on any atom is 0.200 e. The molecule has 0 atom stereocenters. The van der Waals surface area contributed by atoms with Gasteiger partial charge in [0.05, 0.1) is 0 Å². The fourth-order valence-electron chi connectivity index (χ4n) is 1.88. The molecule has 0 radical (unpaired) electrons. The standard InChI is InChI=1S/C16H13F5N2/c1-9(7-8-10-5-3-2-4-6-10)22-23-16-14(20)12(18)11(17)13(19)15(16)21/h2-6,23H,7-8H2,1H3/b22-9-. The van der Waals surface area contributed by atoms with E-state index in [-0.39, 0.29) is 0 Å². The second-order valence-electron chi connectivity index (χ2n) is 4.89. The van der Waals surface area contributed by atoms with E-state index >= 15 is 0 Å². The van der Waals surface area contributed by atoms with Crippen molar-refractivity contribution < 1.29 is 22.0 Å². The van der Waals surface area contributed by atoms with Gasteiger partial charge in [-0.1, -0.05) is 30.3 Å². The van der Waals surface area contributed by atoms with E-state index < -0.39 is 34.8 Å². The quantitative estimate of drug-likeness (QED) is 0.275. The first-order valence-corrected chi connectivity index (χ1v) is 6.76. The van der Waals surface area contributed by atoms with Gasteiger partial charge in [0.1, 0.15) is 5.69 Å². The van der Waals surface area contributed by atoms with Gasteiger partial charge >= 0.3 is 0 Å². The van der Waals surface area contributed by atoms with Crippen molar-refractivity contribution in [3.8, 4) is 0 Å². The van der Waals surface area contributed by atoms with E-state index in [0.717, 1.165) is 5.56 Å². The zero-order valence-corrected chi connectivity index (χ0v) is 12.1. The van der Waals surface area contributed by atoms with Crippen molar-refractivity contribution in [1.82, 2.24) is 0 Å². The molecule has 1 N–H and O–H groups in total. The lowest BCUT2D eigenvalue weighted by Gasteiger charge is -2.08. The Bertz CT molecular complexity index is 700. The lowest BCUT2D eigenvalue weighted by Crippen LogP contribution is -2.08. The van der Waals surface area contributed by atoms with Crippen LogP contribution in [0.15, 0.2) is 35.4 Å². The third-order valence-corrected chi connectivity index (χ3v) is 3.19. The summed E-state index contributed by atoms with van der Waals surface area (Å²) in [6.07, 6.45) is 1.10. The third-order valence-electron chi connectivity index (χ3n) is 3.19. The summed E-state index contributed by atoms with van der Waals surface area (Å²) in [5.41, 5.74) is 2.25. The lowest BCUT2D eigenvalue weighted by molar-refractivity contribution is 0.381. The predicted octanol–water partition coefficient (Wildman–Crippen LogP) is 4.80. The minimum atomic E-state index is -2.20. The van der Waals surface area contributed by atoms with Crippen LogP contribution in [0, 0.1) is 29.1 Å². The Labute approximate surface area is 129 Å². The van der Waals surface area contributed by atoms with Crippen molar-refractivity contribution in [2.24, 2.45) is 5.10 Å². The molecule has 0 bridgehead atoms. The second-order valence-corrected chi connectivity index (χ2v) is 4.89. The van der Waals surface area contributed by atoms with Gasteiger partial charge in [-0.2, -0.15) is 5.10 Å². The fraction of sp³-hybridized carbons (Fsp3) is 0.188. The van der Waals surface area contributed by atoms with Crippen LogP contribution in [-0.4, -0.2) is 5.71 Å². The first kappa shape index (κ1) is 16.9. The summed E-state index contributed by atoms with van der Waals surface area (Å²) in [5.74, 6) is -10.1. The largest absolute Gasteiger partial charge is 0.272 e. The third kappa shape index (κ3) is 3.85. The van der Waals surface area contributed by atoms with Crippen LogP contribution >= 0.6 is 0 Å². The van der Waals surface area contributed by atoms with E-state index in [0.29, 0.717) is 18.6 Å². The molecule has 2 rings (SSSR count). The molecule has 0 aromatic heterocycles. The monoisotopic (exact) mass is 328 g/mol. The lowest BCUT2D eigenvalue weighted by atomic mass is 10.1. The van der Waals surface area contributed by atoms with Crippen LogP contribution in [0.25, 0.3) is 0 Å². The molecule has 2 nitrogen and oxygen atoms in total. The van der Waals surface area contributed by atoms with E-state index in [2.05, 4.69) is 5.10 Å². The molecule has 122 valence electrons. The molecule has 2 aromatic rings. The zero-order valence-electron chi connectivity index (χ0n) is 12.1. The number of anilines is 1. The van der Waals surface area contributed by atoms with Crippen LogP contribution in [0.3, 0.4) is 0 Å². The topological polar surface area (TPSA) is 24.4 Å². The number of hydrogen-bond donors (Lipinski definition) is 1. The van der Waals surface area contributed by atoms with Crippen molar-refractivity contribution in [2.45, 2.75) is 19.8 Å². The van der Waals surface area contributed by atoms with Gasteiger partial charge in [-0.25, -0.2) is 22.0 Å². The number of rotatable bonds is 5. The predicted molar refractivity (Wildman–Crippen MR) is 77.7 cm³/mol. The minimum absolute atomic E-state index is 0.456. The molecular formula is C16H13F5N2. The Morgan fingerprint density at radius 2 is 1.39 bits per heavy atom. The maximum absolute atomic E-state index is 13.5. The highest BCUT2D eigenvalue weighted by molar-refractivity contribution is 5.82. The number of nitrogens with zero attached hydrogens (tertiary/aromatic N) is 1. The van der Waals surface area contributed by atoms with Crippen molar-refractivity contribution >= 4 is 11.4 Å². The van der Waals surface area contributed by atoms with Gasteiger partial charge < -0.3 is 0 Å². The molecule has 0 saturated heterocycles. The summed E-state index contributed by atoms with van der Waals surface area (Å²) in [6.45, 7) is 1.59. The van der Waals surface area contributed by atoms with E-state index in [1.54, 1.807) is 6.92 Å². The average Bonchev–Trinajstić information content (AvgIpc) is 2.57. The van der Waals surface area contributed by atoms with Gasteiger partial charge in [0.15, 0.2) is 23.3 Å². The molecule has 0 heterocycles. The Balaban J connectivity index is 2.10. The Morgan fingerprint density at radius 3 is 1.96 bits per heavy atom. The van der Waals surface area contributed by atoms with E-state index in [1.165, 1.54) is 0 Å². The molecule has 0 aliphatic carbocycles. The summed E-state index contributed by atoms with van der Waals surface area (Å²) in [4.78, 5) is 0. The molecule has 0 spiro atoms. The van der Waals surface area contributed by atoms with Crippen LogP contribution < -0.4 is 5.43 Å². The fourth-order valence-corrected chi connectivity index (χ4v) is 1.88. The van der Waals surface area contributed by atoms with Crippen molar-refractivity contribution in [3.05, 3.63) is 65.0 Å². The maximum atomic E-state index is 13.5. The molecule has 2 aromatic carbocycles. The average molecular weight is 328 g/mol. The first-order valence-electron chi connectivity index (χ1n) is 6.76. The van der Waals surface area contributed by atoms with E-state index in [4.69, 9.17) is 0 Å². The normalized spacial score (nSPS) is 11.7. The number of aryl methyl sites for hydroxylation is 1. The highest BCUT2D eigenvalue weighted by Gasteiger charge is 2.25. The smallest absolute Gasteiger partial charge is 0.200 e. The number of hydrazone groups is 1. The van der Waals surface area contributed by atoms with Crippen LogP contribution in [-0.2, 0) is 6.42 Å². The molecule has 0 saturated carbocycles. The number of hydrogen-bond acceptors (Lipinski definition) is 2. The van der Waals surface area contributed by atoms with Crippen molar-refractivity contribution in [3.63, 3.8) is 0 Å². The van der Waals surface area contributed by atoms with Gasteiger partial charge in [-0.05, 0) is 25.3 Å². The van der Waals surface area contributed by atoms with Crippen LogP contribution in [0.4, 0.5) is 27.6 Å². The minimum Gasteiger partial charge on any atom is -0.272 e. The Morgan fingerprint density at radius 1 is 0.870 bits per heavy atom. The highest BCUT2D eigenvalue weighted by atomic mass is 19.2. The number of nitrogens with one attached hydrogen (secondary N) is 1. The summed E-state index contributed by atoms with van der Waals surface area (Å²) in [6, 6.07) is 9.43. The van der Waals surface area contributed by atoms with Crippen molar-refractivity contribution in [1.29, 1.82) is 0 Å². The molecule has 0 fully saturated rings.